The average Bonchev–Trinajstić information content (AvgIpc) is 3.67. The van der Waals surface area contributed by atoms with E-state index in [0.717, 1.165) is 16.7 Å². The van der Waals surface area contributed by atoms with Gasteiger partial charge in [0.05, 0.1) is 6.04 Å². The van der Waals surface area contributed by atoms with E-state index in [0.29, 0.717) is 15.8 Å². The molecule has 1 aromatic heterocycles. The van der Waals surface area contributed by atoms with E-state index < -0.39 is 50.3 Å². The van der Waals surface area contributed by atoms with Crippen LogP contribution >= 0.6 is 23.1 Å². The lowest BCUT2D eigenvalue weighted by Crippen LogP contribution is -2.73. The number of nitrogens with zero attached hydrogens (tertiary/aromatic N) is 3. The van der Waals surface area contributed by atoms with Gasteiger partial charge in [0.1, 0.15) is 35.7 Å². The summed E-state index contributed by atoms with van der Waals surface area (Å²) in [7, 11) is 2.18. The van der Waals surface area contributed by atoms with E-state index in [4.69, 9.17) is 23.4 Å². The van der Waals surface area contributed by atoms with Crippen LogP contribution in [0.1, 0.15) is 63.9 Å². The number of thioether (sulfide) groups is 1. The Balaban J connectivity index is 1.30. The van der Waals surface area contributed by atoms with Crippen molar-refractivity contribution < 1.29 is 32.8 Å². The van der Waals surface area contributed by atoms with Crippen molar-refractivity contribution >= 4 is 61.0 Å². The van der Waals surface area contributed by atoms with Crippen LogP contribution in [0.5, 0.6) is 0 Å². The molecule has 58 heavy (non-hydrogen) atoms. The van der Waals surface area contributed by atoms with Crippen molar-refractivity contribution in [3.63, 3.8) is 0 Å². The Labute approximate surface area is 350 Å². The van der Waals surface area contributed by atoms with E-state index in [1.165, 1.54) is 35.1 Å². The van der Waals surface area contributed by atoms with E-state index in [1.807, 2.05) is 54.6 Å². The number of amides is 2. The van der Waals surface area contributed by atoms with Crippen molar-refractivity contribution in [3.05, 3.63) is 129 Å². The molecular formula is C43H51N5O7S2Si. The number of oxime groups is 1. The average molecular weight is 842 g/mol. The molecule has 1 saturated heterocycles. The standard InChI is InChI=1S/C43H51N5O7S2Si/c1-41(2,3)36(58(53-8)54-9)35-34(39(51)55-42(4,5)6)48-31(26-56-35)33(38(48)50)45-37(49)32(47-52-7)30-25-57-40(44-30)46-43(27-19-13-10-14-20-27,28-21-15-11-16-22-28)29-23-17-12-18-24-29/h10-25,31,33,36,58H,26H2,1-9H3,(H,44,46)(H,45,49). The first kappa shape index (κ1) is 42.8. The monoisotopic (exact) mass is 841 g/mol. The summed E-state index contributed by atoms with van der Waals surface area (Å²) in [6, 6.07) is 28.9. The zero-order valence-corrected chi connectivity index (χ0v) is 37.1. The van der Waals surface area contributed by atoms with E-state index in [1.54, 1.807) is 40.4 Å². The Morgan fingerprint density at radius 3 is 1.86 bits per heavy atom. The molecule has 4 aromatic rings. The number of carbonyl (C=O) groups is 3. The zero-order chi connectivity index (χ0) is 41.8. The van der Waals surface area contributed by atoms with Gasteiger partial charge in [0.2, 0.25) is 0 Å². The number of ether oxygens (including phenoxy) is 1. The first-order valence-corrected chi connectivity index (χ1v) is 22.4. The highest BCUT2D eigenvalue weighted by Crippen LogP contribution is 2.51. The second-order valence-corrected chi connectivity index (χ2v) is 20.3. The van der Waals surface area contributed by atoms with Gasteiger partial charge in [-0.15, -0.1) is 23.1 Å². The number of hydrogen-bond donors (Lipinski definition) is 2. The predicted molar refractivity (Wildman–Crippen MR) is 231 cm³/mol. The molecule has 0 radical (unpaired) electrons. The van der Waals surface area contributed by atoms with Gasteiger partial charge in [0, 0.05) is 35.8 Å². The fraction of sp³-hybridized carbons (Fsp3) is 0.372. The summed E-state index contributed by atoms with van der Waals surface area (Å²) < 4.78 is 17.6. The highest BCUT2D eigenvalue weighted by atomic mass is 32.2. The van der Waals surface area contributed by atoms with Crippen molar-refractivity contribution in [2.24, 2.45) is 10.6 Å². The van der Waals surface area contributed by atoms with Gasteiger partial charge in [-0.1, -0.05) is 117 Å². The lowest BCUT2D eigenvalue weighted by Gasteiger charge is -2.52. The van der Waals surface area contributed by atoms with Gasteiger partial charge >= 0.3 is 15.3 Å². The molecule has 15 heteroatoms. The second-order valence-electron chi connectivity index (χ2n) is 16.1. The van der Waals surface area contributed by atoms with Crippen LogP contribution in [-0.4, -0.2) is 87.4 Å². The van der Waals surface area contributed by atoms with Crippen molar-refractivity contribution in [3.8, 4) is 0 Å². The van der Waals surface area contributed by atoms with Gasteiger partial charge in [-0.25, -0.2) is 9.78 Å². The SMILES string of the molecule is CON=C(C(=O)NC1C(=O)N2C(C(=O)OC(C)(C)C)=C(C([SiH](OC)OC)C(C)(C)C)SCC12)c1csc(NC(c2ccccc2)(c2ccccc2)c2ccccc2)n1. The van der Waals surface area contributed by atoms with Crippen LogP contribution in [0.2, 0.25) is 5.54 Å². The van der Waals surface area contributed by atoms with E-state index >= 15 is 0 Å². The summed E-state index contributed by atoms with van der Waals surface area (Å²) in [4.78, 5) is 54.4. The quantitative estimate of drug-likeness (QED) is 0.0347. The maximum absolute atomic E-state index is 14.1. The smallest absolute Gasteiger partial charge is 0.356 e. The number of benzene rings is 3. The maximum atomic E-state index is 14.1. The van der Waals surface area contributed by atoms with Gasteiger partial charge in [0.15, 0.2) is 10.8 Å². The van der Waals surface area contributed by atoms with Gasteiger partial charge < -0.3 is 29.1 Å². The number of aromatic nitrogens is 1. The number of fused-ring (bicyclic) bond motifs is 1. The second kappa shape index (κ2) is 17.6. The number of rotatable bonds is 14. The van der Waals surface area contributed by atoms with Crippen LogP contribution < -0.4 is 10.6 Å². The fourth-order valence-electron chi connectivity index (χ4n) is 7.45. The molecule has 3 atom stereocenters. The molecule has 2 aliphatic rings. The lowest BCUT2D eigenvalue weighted by molar-refractivity contribution is -0.160. The summed E-state index contributed by atoms with van der Waals surface area (Å²) in [6.45, 7) is 11.5. The van der Waals surface area contributed by atoms with Gasteiger partial charge in [-0.3, -0.25) is 14.5 Å². The van der Waals surface area contributed by atoms with Crippen LogP contribution in [0.4, 0.5) is 5.13 Å². The summed E-state index contributed by atoms with van der Waals surface area (Å²) in [5.74, 6) is -1.28. The lowest BCUT2D eigenvalue weighted by atomic mass is 9.77. The van der Waals surface area contributed by atoms with Crippen molar-refractivity contribution in [1.29, 1.82) is 0 Å². The Kier molecular flexibility index (Phi) is 13.0. The Morgan fingerprint density at radius 2 is 1.40 bits per heavy atom. The summed E-state index contributed by atoms with van der Waals surface area (Å²) in [5, 5.41) is 13.0. The predicted octanol–water partition coefficient (Wildman–Crippen LogP) is 6.82. The minimum Gasteiger partial charge on any atom is -0.455 e. The zero-order valence-electron chi connectivity index (χ0n) is 34.3. The molecule has 12 nitrogen and oxygen atoms in total. The van der Waals surface area contributed by atoms with Crippen LogP contribution in [0, 0.1) is 5.41 Å². The Hall–Kier alpha value is -4.80. The Bertz CT molecular complexity index is 2050. The molecule has 2 aliphatic heterocycles. The van der Waals surface area contributed by atoms with Crippen molar-refractivity contribution in [2.45, 2.75) is 70.3 Å². The highest BCUT2D eigenvalue weighted by Gasteiger charge is 2.57. The van der Waals surface area contributed by atoms with Crippen LogP contribution in [0.25, 0.3) is 0 Å². The molecule has 3 unspecified atom stereocenters. The Morgan fingerprint density at radius 1 is 0.862 bits per heavy atom. The molecule has 0 bridgehead atoms. The molecular weight excluding hydrogens is 791 g/mol. The fourth-order valence-corrected chi connectivity index (χ4v) is 12.3. The van der Waals surface area contributed by atoms with Crippen LogP contribution in [0.3, 0.4) is 0 Å². The first-order valence-electron chi connectivity index (χ1n) is 19.0. The number of carbonyl (C=O) groups excluding carboxylic acids is 3. The van der Waals surface area contributed by atoms with Crippen LogP contribution in [0.15, 0.2) is 112 Å². The normalized spacial score (nSPS) is 18.0. The third kappa shape index (κ3) is 8.64. The van der Waals surface area contributed by atoms with Gasteiger partial charge in [-0.2, -0.15) is 0 Å². The van der Waals surface area contributed by atoms with Crippen molar-refractivity contribution in [1.82, 2.24) is 15.2 Å². The van der Waals surface area contributed by atoms with Gasteiger partial charge in [0.25, 0.3) is 11.8 Å². The number of anilines is 1. The molecule has 0 aliphatic carbocycles. The van der Waals surface area contributed by atoms with Crippen LogP contribution in [-0.2, 0) is 38.3 Å². The van der Waals surface area contributed by atoms with Gasteiger partial charge in [-0.05, 0) is 42.9 Å². The number of nitrogens with one attached hydrogen (secondary N) is 2. The molecule has 0 spiro atoms. The number of hydrogen-bond acceptors (Lipinski definition) is 12. The van der Waals surface area contributed by atoms with Crippen molar-refractivity contribution in [2.75, 3.05) is 32.4 Å². The topological polar surface area (TPSA) is 141 Å². The minimum absolute atomic E-state index is 0.100. The molecule has 2 amide bonds. The van der Waals surface area contributed by atoms with E-state index in [2.05, 4.69) is 73.0 Å². The molecule has 6 rings (SSSR count). The van der Waals surface area contributed by atoms with E-state index in [-0.39, 0.29) is 28.1 Å². The third-order valence-electron chi connectivity index (χ3n) is 9.99. The maximum Gasteiger partial charge on any atom is 0.356 e. The first-order chi connectivity index (χ1) is 27.6. The molecule has 3 aromatic carbocycles. The third-order valence-corrected chi connectivity index (χ3v) is 15.1. The molecule has 0 saturated carbocycles. The minimum atomic E-state index is -2.38. The number of esters is 1. The van der Waals surface area contributed by atoms with E-state index in [9.17, 15) is 14.4 Å². The number of β-lactam (4-membered cyclic amide) rings is 1. The highest BCUT2D eigenvalue weighted by molar-refractivity contribution is 8.03. The largest absolute Gasteiger partial charge is 0.455 e. The molecule has 306 valence electrons. The summed E-state index contributed by atoms with van der Waals surface area (Å²) in [6.07, 6.45) is 0. The molecule has 1 fully saturated rings. The number of allylic oxidation sites excluding steroid dienone is 1. The summed E-state index contributed by atoms with van der Waals surface area (Å²) >= 11 is 2.78. The summed E-state index contributed by atoms with van der Waals surface area (Å²) in [5.41, 5.74) is 0.976. The number of thiazole rings is 1. The molecule has 3 heterocycles. The molecule has 2 N–H and O–H groups in total.